The number of pyridine rings is 2. The molecular formula is C13H12F2N4O. The lowest BCUT2D eigenvalue weighted by Crippen LogP contribution is -2.16. The second-order valence-electron chi connectivity index (χ2n) is 3.87. The van der Waals surface area contributed by atoms with Gasteiger partial charge >= 0.3 is 0 Å². The summed E-state index contributed by atoms with van der Waals surface area (Å²) in [6.07, 6.45) is 2.29. The maximum atomic E-state index is 14.0. The second kappa shape index (κ2) is 6.05. The van der Waals surface area contributed by atoms with E-state index in [0.717, 1.165) is 12.3 Å². The number of aromatic nitrogens is 2. The molecule has 2 aromatic heterocycles. The number of nitrogens with zero attached hydrogens (tertiary/aromatic N) is 2. The molecule has 104 valence electrons. The zero-order valence-corrected chi connectivity index (χ0v) is 10.7. The van der Waals surface area contributed by atoms with Gasteiger partial charge in [0.25, 0.3) is 5.91 Å². The van der Waals surface area contributed by atoms with E-state index in [1.807, 2.05) is 0 Å². The van der Waals surface area contributed by atoms with E-state index in [1.54, 1.807) is 6.92 Å². The van der Waals surface area contributed by atoms with Crippen molar-refractivity contribution in [3.8, 4) is 0 Å². The fraction of sp³-hybridized carbons (Fsp3) is 0.154. The number of carbonyl (C=O) groups is 1. The Bertz CT molecular complexity index is 616. The summed E-state index contributed by atoms with van der Waals surface area (Å²) in [5, 5.41) is 5.09. The van der Waals surface area contributed by atoms with E-state index in [-0.39, 0.29) is 17.2 Å². The summed E-state index contributed by atoms with van der Waals surface area (Å²) in [6.45, 7) is 2.27. The number of hydrogen-bond acceptors (Lipinski definition) is 4. The Labute approximate surface area is 114 Å². The highest BCUT2D eigenvalue weighted by Crippen LogP contribution is 2.16. The van der Waals surface area contributed by atoms with Crippen LogP contribution >= 0.6 is 0 Å². The number of carbonyl (C=O) groups excluding carboxylic acids is 1. The number of anilines is 2. The topological polar surface area (TPSA) is 66.9 Å². The maximum Gasteiger partial charge on any atom is 0.259 e. The molecule has 2 aromatic rings. The average molecular weight is 278 g/mol. The van der Waals surface area contributed by atoms with Crippen LogP contribution in [0.5, 0.6) is 0 Å². The van der Waals surface area contributed by atoms with Gasteiger partial charge < -0.3 is 10.6 Å². The smallest absolute Gasteiger partial charge is 0.259 e. The molecular weight excluding hydrogens is 266 g/mol. The van der Waals surface area contributed by atoms with Crippen molar-refractivity contribution in [1.29, 1.82) is 0 Å². The lowest BCUT2D eigenvalue weighted by atomic mass is 10.2. The van der Waals surface area contributed by atoms with E-state index in [4.69, 9.17) is 0 Å². The summed E-state index contributed by atoms with van der Waals surface area (Å²) in [5.41, 5.74) is -0.165. The Balaban J connectivity index is 2.21. The zero-order chi connectivity index (χ0) is 14.5. The molecule has 0 unspecified atom stereocenters. The predicted molar refractivity (Wildman–Crippen MR) is 70.5 cm³/mol. The maximum absolute atomic E-state index is 14.0. The third kappa shape index (κ3) is 3.05. The molecule has 20 heavy (non-hydrogen) atoms. The highest BCUT2D eigenvalue weighted by Gasteiger charge is 2.16. The van der Waals surface area contributed by atoms with Crippen molar-refractivity contribution in [2.75, 3.05) is 17.2 Å². The van der Waals surface area contributed by atoms with Crippen LogP contribution in [0.4, 0.5) is 20.4 Å². The molecule has 0 saturated heterocycles. The van der Waals surface area contributed by atoms with Gasteiger partial charge in [-0.3, -0.25) is 4.79 Å². The first-order valence-electron chi connectivity index (χ1n) is 5.93. The van der Waals surface area contributed by atoms with Crippen molar-refractivity contribution in [1.82, 2.24) is 9.97 Å². The van der Waals surface area contributed by atoms with Crippen LogP contribution in [0.3, 0.4) is 0 Å². The Kier molecular flexibility index (Phi) is 4.19. The van der Waals surface area contributed by atoms with E-state index in [0.29, 0.717) is 6.54 Å². The quantitative estimate of drug-likeness (QED) is 0.901. The monoisotopic (exact) mass is 278 g/mol. The van der Waals surface area contributed by atoms with Crippen LogP contribution in [-0.4, -0.2) is 22.4 Å². The highest BCUT2D eigenvalue weighted by molar-refractivity contribution is 6.04. The molecule has 0 spiro atoms. The van der Waals surface area contributed by atoms with Gasteiger partial charge in [-0.25, -0.2) is 18.7 Å². The van der Waals surface area contributed by atoms with Crippen LogP contribution in [0.1, 0.15) is 17.3 Å². The SMILES string of the molecule is CCNc1nccc(C(=O)Nc2ccc(F)cn2)c1F. The van der Waals surface area contributed by atoms with Gasteiger partial charge in [0.05, 0.1) is 11.8 Å². The predicted octanol–water partition coefficient (Wildman–Crippen LogP) is 2.44. The Morgan fingerprint density at radius 3 is 2.70 bits per heavy atom. The number of hydrogen-bond donors (Lipinski definition) is 2. The fourth-order valence-electron chi connectivity index (χ4n) is 1.54. The molecule has 1 amide bonds. The molecule has 0 radical (unpaired) electrons. The number of rotatable bonds is 4. The van der Waals surface area contributed by atoms with Gasteiger partial charge in [0.15, 0.2) is 11.6 Å². The zero-order valence-electron chi connectivity index (χ0n) is 10.7. The minimum absolute atomic E-state index is 0.00668. The van der Waals surface area contributed by atoms with Crippen molar-refractivity contribution in [2.24, 2.45) is 0 Å². The molecule has 0 aliphatic rings. The first-order chi connectivity index (χ1) is 9.61. The van der Waals surface area contributed by atoms with Gasteiger partial charge in [-0.2, -0.15) is 0 Å². The molecule has 7 heteroatoms. The van der Waals surface area contributed by atoms with Gasteiger partial charge in [0.2, 0.25) is 0 Å². The number of amides is 1. The fourth-order valence-corrected chi connectivity index (χ4v) is 1.54. The highest BCUT2D eigenvalue weighted by atomic mass is 19.1. The normalized spacial score (nSPS) is 10.2. The van der Waals surface area contributed by atoms with Crippen molar-refractivity contribution in [3.05, 3.63) is 47.8 Å². The first kappa shape index (κ1) is 13.9. The third-order valence-electron chi connectivity index (χ3n) is 2.45. The van der Waals surface area contributed by atoms with E-state index < -0.39 is 17.5 Å². The average Bonchev–Trinajstić information content (AvgIpc) is 2.44. The summed E-state index contributed by atoms with van der Waals surface area (Å²) in [7, 11) is 0. The van der Waals surface area contributed by atoms with E-state index in [1.165, 1.54) is 18.3 Å². The summed E-state index contributed by atoms with van der Waals surface area (Å²) in [4.78, 5) is 19.4. The Morgan fingerprint density at radius 2 is 2.05 bits per heavy atom. The van der Waals surface area contributed by atoms with Crippen LogP contribution in [0.25, 0.3) is 0 Å². The van der Waals surface area contributed by atoms with Crippen molar-refractivity contribution >= 4 is 17.5 Å². The standard InChI is InChI=1S/C13H12F2N4O/c1-2-16-12-11(15)9(5-6-17-12)13(20)19-10-4-3-8(14)7-18-10/h3-7H,2H2,1H3,(H,16,17)(H,18,19,20). The lowest BCUT2D eigenvalue weighted by molar-refractivity contribution is 0.102. The van der Waals surface area contributed by atoms with Crippen LogP contribution in [-0.2, 0) is 0 Å². The summed E-state index contributed by atoms with van der Waals surface area (Å²) in [6, 6.07) is 3.70. The van der Waals surface area contributed by atoms with Gasteiger partial charge in [0, 0.05) is 12.7 Å². The van der Waals surface area contributed by atoms with Crippen LogP contribution in [0.15, 0.2) is 30.6 Å². The van der Waals surface area contributed by atoms with Crippen molar-refractivity contribution < 1.29 is 13.6 Å². The Morgan fingerprint density at radius 1 is 1.25 bits per heavy atom. The van der Waals surface area contributed by atoms with Crippen LogP contribution in [0, 0.1) is 11.6 Å². The third-order valence-corrected chi connectivity index (χ3v) is 2.45. The van der Waals surface area contributed by atoms with Gasteiger partial charge in [-0.15, -0.1) is 0 Å². The molecule has 0 aliphatic heterocycles. The minimum Gasteiger partial charge on any atom is -0.368 e. The lowest BCUT2D eigenvalue weighted by Gasteiger charge is -2.08. The van der Waals surface area contributed by atoms with E-state index >= 15 is 0 Å². The van der Waals surface area contributed by atoms with E-state index in [9.17, 15) is 13.6 Å². The van der Waals surface area contributed by atoms with Crippen LogP contribution < -0.4 is 10.6 Å². The summed E-state index contributed by atoms with van der Waals surface area (Å²) >= 11 is 0. The molecule has 2 N–H and O–H groups in total. The Hall–Kier alpha value is -2.57. The van der Waals surface area contributed by atoms with Gasteiger partial charge in [-0.1, -0.05) is 0 Å². The van der Waals surface area contributed by atoms with Crippen LogP contribution in [0.2, 0.25) is 0 Å². The summed E-state index contributed by atoms with van der Waals surface area (Å²) < 4.78 is 26.7. The van der Waals surface area contributed by atoms with Gasteiger partial charge in [-0.05, 0) is 25.1 Å². The molecule has 2 rings (SSSR count). The number of nitrogens with one attached hydrogen (secondary N) is 2. The minimum atomic E-state index is -0.742. The molecule has 0 fully saturated rings. The first-order valence-corrected chi connectivity index (χ1v) is 5.93. The molecule has 0 saturated carbocycles. The summed E-state index contributed by atoms with van der Waals surface area (Å²) in [5.74, 6) is -1.80. The van der Waals surface area contributed by atoms with Crippen molar-refractivity contribution in [3.63, 3.8) is 0 Å². The van der Waals surface area contributed by atoms with E-state index in [2.05, 4.69) is 20.6 Å². The molecule has 2 heterocycles. The molecule has 0 bridgehead atoms. The molecule has 5 nitrogen and oxygen atoms in total. The molecule has 0 atom stereocenters. The second-order valence-corrected chi connectivity index (χ2v) is 3.87. The molecule has 0 aromatic carbocycles. The van der Waals surface area contributed by atoms with Crippen molar-refractivity contribution in [2.45, 2.75) is 6.92 Å². The van der Waals surface area contributed by atoms with Gasteiger partial charge in [0.1, 0.15) is 11.6 Å². The molecule has 0 aliphatic carbocycles. The largest absolute Gasteiger partial charge is 0.368 e. The number of halogens is 2.